The van der Waals surface area contributed by atoms with Gasteiger partial charge in [-0.2, -0.15) is 0 Å². The highest BCUT2D eigenvalue weighted by Crippen LogP contribution is 2.23. The molecule has 1 amide bonds. The molecule has 0 bridgehead atoms. The van der Waals surface area contributed by atoms with Crippen molar-refractivity contribution < 1.29 is 28.7 Å². The quantitative estimate of drug-likeness (QED) is 0.196. The second kappa shape index (κ2) is 11.3. The number of rotatable bonds is 10. The van der Waals surface area contributed by atoms with E-state index >= 15 is 0 Å². The number of benzene rings is 2. The van der Waals surface area contributed by atoms with Gasteiger partial charge in [-0.05, 0) is 11.6 Å². The lowest BCUT2D eigenvalue weighted by Crippen LogP contribution is -2.45. The maximum absolute atomic E-state index is 13.1. The summed E-state index contributed by atoms with van der Waals surface area (Å²) in [5, 5.41) is 11.3. The van der Waals surface area contributed by atoms with E-state index < -0.39 is 36.1 Å². The van der Waals surface area contributed by atoms with E-state index in [0.29, 0.717) is 24.2 Å². The second-order valence-corrected chi connectivity index (χ2v) is 8.24. The average molecular weight is 504 g/mol. The number of para-hydroxylation sites is 1. The summed E-state index contributed by atoms with van der Waals surface area (Å²) in [6.45, 7) is 0.883. The van der Waals surface area contributed by atoms with Crippen molar-refractivity contribution in [2.45, 2.75) is 25.6 Å². The number of methoxy groups -OCH3 is 2. The van der Waals surface area contributed by atoms with E-state index in [9.17, 15) is 19.2 Å². The lowest BCUT2D eigenvalue weighted by molar-refractivity contribution is -0.150. The molecule has 11 heteroatoms. The topological polar surface area (TPSA) is 134 Å². The van der Waals surface area contributed by atoms with Crippen LogP contribution in [-0.2, 0) is 36.9 Å². The number of esters is 2. The Morgan fingerprint density at radius 3 is 2.38 bits per heavy atom. The zero-order valence-electron chi connectivity index (χ0n) is 20.3. The molecule has 2 aromatic carbocycles. The smallest absolute Gasteiger partial charge is 0.328 e. The first-order valence-corrected chi connectivity index (χ1v) is 11.4. The summed E-state index contributed by atoms with van der Waals surface area (Å²) in [6.07, 6.45) is 2.92. The first kappa shape index (κ1) is 25.3. The number of ketones is 1. The van der Waals surface area contributed by atoms with Crippen LogP contribution in [0.25, 0.3) is 10.9 Å². The summed E-state index contributed by atoms with van der Waals surface area (Å²) < 4.78 is 12.7. The molecule has 37 heavy (non-hydrogen) atoms. The Bertz CT molecular complexity index is 1440. The molecule has 0 aliphatic heterocycles. The van der Waals surface area contributed by atoms with Crippen molar-refractivity contribution in [3.8, 4) is 0 Å². The molecule has 0 spiro atoms. The molecule has 11 nitrogen and oxygen atoms in total. The third-order valence-corrected chi connectivity index (χ3v) is 5.73. The van der Waals surface area contributed by atoms with E-state index in [2.05, 4.69) is 25.1 Å². The van der Waals surface area contributed by atoms with Crippen molar-refractivity contribution in [2.24, 2.45) is 0 Å². The van der Waals surface area contributed by atoms with Gasteiger partial charge in [0.1, 0.15) is 11.7 Å². The summed E-state index contributed by atoms with van der Waals surface area (Å²) in [6, 6.07) is 15.6. The van der Waals surface area contributed by atoms with Crippen molar-refractivity contribution in [1.29, 1.82) is 0 Å². The summed E-state index contributed by atoms with van der Waals surface area (Å²) in [7, 11) is 2.27. The minimum atomic E-state index is -1.36. The Morgan fingerprint density at radius 2 is 1.65 bits per heavy atom. The van der Waals surface area contributed by atoms with Gasteiger partial charge < -0.3 is 19.4 Å². The number of hydrogen-bond donors (Lipinski definition) is 1. The molecule has 2 aromatic heterocycles. The van der Waals surface area contributed by atoms with Gasteiger partial charge in [0, 0.05) is 17.1 Å². The largest absolute Gasteiger partial charge is 0.469 e. The molecule has 0 aliphatic rings. The van der Waals surface area contributed by atoms with E-state index in [1.165, 1.54) is 0 Å². The van der Waals surface area contributed by atoms with E-state index in [1.807, 2.05) is 48.7 Å². The fourth-order valence-electron chi connectivity index (χ4n) is 3.92. The van der Waals surface area contributed by atoms with Crippen molar-refractivity contribution in [3.63, 3.8) is 0 Å². The third kappa shape index (κ3) is 5.89. The van der Waals surface area contributed by atoms with Gasteiger partial charge in [0.05, 0.1) is 45.5 Å². The Morgan fingerprint density at radius 1 is 0.919 bits per heavy atom. The van der Waals surface area contributed by atoms with Crippen LogP contribution >= 0.6 is 0 Å². The zero-order chi connectivity index (χ0) is 26.4. The number of nitrogens with zero attached hydrogens (tertiary/aromatic N) is 4. The first-order valence-electron chi connectivity index (χ1n) is 11.4. The summed E-state index contributed by atoms with van der Waals surface area (Å²) in [5.74, 6) is -3.51. The maximum atomic E-state index is 13.1. The fraction of sp³-hybridized carbons (Fsp3) is 0.231. The predicted molar refractivity (Wildman–Crippen MR) is 132 cm³/mol. The third-order valence-electron chi connectivity index (χ3n) is 5.73. The van der Waals surface area contributed by atoms with Crippen LogP contribution in [0.5, 0.6) is 0 Å². The number of aromatic nitrogens is 4. The van der Waals surface area contributed by atoms with Crippen LogP contribution in [0.2, 0.25) is 0 Å². The van der Waals surface area contributed by atoms with Gasteiger partial charge in [-0.25, -0.2) is 9.48 Å². The molecule has 2 heterocycles. The molecule has 0 fully saturated rings. The van der Waals surface area contributed by atoms with Crippen molar-refractivity contribution in [1.82, 2.24) is 24.9 Å². The molecule has 1 N–H and O–H groups in total. The number of amides is 1. The van der Waals surface area contributed by atoms with Gasteiger partial charge >= 0.3 is 11.9 Å². The van der Waals surface area contributed by atoms with Crippen LogP contribution in [-0.4, -0.2) is 63.5 Å². The number of fused-ring (bicyclic) bond motifs is 1. The molecule has 0 saturated heterocycles. The Labute approximate surface area is 212 Å². The van der Waals surface area contributed by atoms with E-state index in [-0.39, 0.29) is 5.56 Å². The first-order chi connectivity index (χ1) is 17.9. The molecule has 190 valence electrons. The lowest BCUT2D eigenvalue weighted by atomic mass is 10.1. The molecule has 0 unspecified atom stereocenters. The van der Waals surface area contributed by atoms with E-state index in [1.54, 1.807) is 27.6 Å². The molecule has 4 aromatic rings. The molecule has 0 aliphatic carbocycles. The van der Waals surface area contributed by atoms with Crippen LogP contribution in [0.4, 0.5) is 0 Å². The lowest BCUT2D eigenvalue weighted by Gasteiger charge is -2.14. The Kier molecular flexibility index (Phi) is 7.72. The number of Topliss-reactive ketones (excluding diaryl/α,β-unsaturated/α-hetero) is 1. The number of carbonyl (C=O) groups excluding carboxylic acids is 4. The predicted octanol–water partition coefficient (Wildman–Crippen LogP) is 1.73. The van der Waals surface area contributed by atoms with Crippen LogP contribution < -0.4 is 5.32 Å². The molecule has 4 rings (SSSR count). The van der Waals surface area contributed by atoms with Gasteiger partial charge in [-0.15, -0.1) is 5.10 Å². The van der Waals surface area contributed by atoms with Gasteiger partial charge in [0.15, 0.2) is 0 Å². The number of hydrogen-bond acceptors (Lipinski definition) is 8. The van der Waals surface area contributed by atoms with Gasteiger partial charge in [-0.1, -0.05) is 53.7 Å². The van der Waals surface area contributed by atoms with Crippen molar-refractivity contribution in [3.05, 3.63) is 83.8 Å². The molecule has 0 radical (unpaired) electrons. The van der Waals surface area contributed by atoms with Crippen LogP contribution in [0.3, 0.4) is 0 Å². The van der Waals surface area contributed by atoms with E-state index in [4.69, 9.17) is 0 Å². The maximum Gasteiger partial charge on any atom is 0.328 e. The standard InChI is InChI=1S/C26H25N5O6/c1-36-23(32)12-21(26(35)37-2)27-25(34)24(33)20-16-30(22-11-7-6-10-19(20)22)14-18-15-31(29-28-18)13-17-8-4-3-5-9-17/h3-11,15-16,21H,12-14H2,1-2H3,(H,27,34)/t21-/m0/s1. The highest BCUT2D eigenvalue weighted by atomic mass is 16.5. The normalized spacial score (nSPS) is 11.6. The average Bonchev–Trinajstić information content (AvgIpc) is 3.52. The molecule has 0 saturated carbocycles. The van der Waals surface area contributed by atoms with Crippen LogP contribution in [0.15, 0.2) is 67.0 Å². The monoisotopic (exact) mass is 503 g/mol. The SMILES string of the molecule is COC(=O)C[C@H](NC(=O)C(=O)c1cn(Cc2cn(Cc3ccccc3)nn2)c2ccccc12)C(=O)OC. The van der Waals surface area contributed by atoms with Crippen LogP contribution in [0.1, 0.15) is 28.0 Å². The Balaban J connectivity index is 1.55. The van der Waals surface area contributed by atoms with Crippen molar-refractivity contribution in [2.75, 3.05) is 14.2 Å². The van der Waals surface area contributed by atoms with E-state index in [0.717, 1.165) is 25.3 Å². The van der Waals surface area contributed by atoms with Gasteiger partial charge in [0.2, 0.25) is 0 Å². The highest BCUT2D eigenvalue weighted by molar-refractivity contribution is 6.45. The highest BCUT2D eigenvalue weighted by Gasteiger charge is 2.29. The molecular formula is C26H25N5O6. The summed E-state index contributed by atoms with van der Waals surface area (Å²) in [5.41, 5.74) is 2.62. The zero-order valence-corrected chi connectivity index (χ0v) is 20.3. The number of nitrogens with one attached hydrogen (secondary N) is 1. The molecule has 1 atom stereocenters. The van der Waals surface area contributed by atoms with Gasteiger partial charge in [-0.3, -0.25) is 14.4 Å². The second-order valence-electron chi connectivity index (χ2n) is 8.24. The van der Waals surface area contributed by atoms with Crippen molar-refractivity contribution >= 4 is 34.5 Å². The number of carbonyl (C=O) groups is 4. The van der Waals surface area contributed by atoms with Gasteiger partial charge in [0.25, 0.3) is 11.7 Å². The van der Waals surface area contributed by atoms with Crippen LogP contribution in [0, 0.1) is 0 Å². The summed E-state index contributed by atoms with van der Waals surface area (Å²) >= 11 is 0. The summed E-state index contributed by atoms with van der Waals surface area (Å²) in [4.78, 5) is 49.5. The minimum Gasteiger partial charge on any atom is -0.469 e. The minimum absolute atomic E-state index is 0.145. The fourth-order valence-corrected chi connectivity index (χ4v) is 3.92. The number of ether oxygens (including phenoxy) is 2. The molecular weight excluding hydrogens is 478 g/mol. The Hall–Kier alpha value is -4.80.